The van der Waals surface area contributed by atoms with Crippen LogP contribution in [0.25, 0.3) is 16.3 Å². The normalized spacial score (nSPS) is 13.8. The molecule has 2 amide bonds. The molecule has 0 aliphatic carbocycles. The third-order valence-electron chi connectivity index (χ3n) is 6.32. The van der Waals surface area contributed by atoms with Crippen LogP contribution in [0, 0.1) is 6.92 Å². The number of amides is 2. The fourth-order valence-electron chi connectivity index (χ4n) is 4.57. The monoisotopic (exact) mass is 446 g/mol. The van der Waals surface area contributed by atoms with Crippen molar-refractivity contribution in [1.82, 2.24) is 4.90 Å². The van der Waals surface area contributed by atoms with E-state index >= 15 is 0 Å². The molecule has 1 aliphatic rings. The van der Waals surface area contributed by atoms with Crippen LogP contribution in [0.15, 0.2) is 103 Å². The van der Waals surface area contributed by atoms with Crippen LogP contribution in [0.5, 0.6) is 0 Å². The zero-order chi connectivity index (χ0) is 23.7. The van der Waals surface area contributed by atoms with Crippen molar-refractivity contribution >= 4 is 33.8 Å². The van der Waals surface area contributed by atoms with Crippen LogP contribution in [-0.2, 0) is 16.1 Å². The van der Waals surface area contributed by atoms with E-state index in [0.29, 0.717) is 30.0 Å². The van der Waals surface area contributed by atoms with Gasteiger partial charge in [0.25, 0.3) is 11.8 Å². The molecule has 0 aromatic heterocycles. The Morgan fingerprint density at radius 3 is 2.15 bits per heavy atom. The summed E-state index contributed by atoms with van der Waals surface area (Å²) < 4.78 is 0. The van der Waals surface area contributed by atoms with Crippen molar-refractivity contribution in [2.45, 2.75) is 20.4 Å². The van der Waals surface area contributed by atoms with Crippen LogP contribution in [0.4, 0.5) is 5.69 Å². The van der Waals surface area contributed by atoms with Crippen LogP contribution in [-0.4, -0.2) is 23.3 Å². The summed E-state index contributed by atoms with van der Waals surface area (Å²) in [5.74, 6) is -0.568. The van der Waals surface area contributed by atoms with Gasteiger partial charge >= 0.3 is 0 Å². The molecule has 4 aromatic carbocycles. The maximum Gasteiger partial charge on any atom is 0.282 e. The fraction of sp³-hybridized carbons (Fsp3) is 0.133. The van der Waals surface area contributed by atoms with Crippen molar-refractivity contribution in [2.75, 3.05) is 11.4 Å². The van der Waals surface area contributed by atoms with Gasteiger partial charge < -0.3 is 4.90 Å². The quantitative estimate of drug-likeness (QED) is 0.344. The first kappa shape index (κ1) is 21.7. The SMILES string of the molecule is CCN(Cc1ccccc1)C1=C(c2ccc(C)cc2)C(=O)N(c2cccc3ccccc23)C1=O. The van der Waals surface area contributed by atoms with E-state index in [9.17, 15) is 9.59 Å². The van der Waals surface area contributed by atoms with Crippen molar-refractivity contribution in [3.8, 4) is 0 Å². The Hall–Kier alpha value is -4.18. The standard InChI is InChI=1S/C30H26N2O2/c1-3-31(20-22-10-5-4-6-11-22)28-27(24-18-16-21(2)17-19-24)29(33)32(30(28)34)26-15-9-13-23-12-7-8-14-25(23)26/h4-19H,3,20H2,1-2H3. The molecular formula is C30H26N2O2. The number of likely N-dealkylation sites (N-methyl/N-ethyl adjacent to an activating group) is 1. The first-order valence-electron chi connectivity index (χ1n) is 11.5. The van der Waals surface area contributed by atoms with Gasteiger partial charge in [0.1, 0.15) is 5.70 Å². The van der Waals surface area contributed by atoms with Crippen molar-refractivity contribution in [3.05, 3.63) is 119 Å². The van der Waals surface area contributed by atoms with Crippen molar-refractivity contribution < 1.29 is 9.59 Å². The Labute approximate surface area is 199 Å². The van der Waals surface area contributed by atoms with Gasteiger partial charge in [-0.3, -0.25) is 9.59 Å². The molecular weight excluding hydrogens is 420 g/mol. The minimum absolute atomic E-state index is 0.283. The molecule has 168 valence electrons. The second kappa shape index (κ2) is 8.99. The number of aryl methyl sites for hydroxylation is 1. The molecule has 4 heteroatoms. The maximum absolute atomic E-state index is 14.0. The molecule has 0 atom stereocenters. The van der Waals surface area contributed by atoms with Crippen LogP contribution in [0.1, 0.15) is 23.6 Å². The van der Waals surface area contributed by atoms with E-state index in [1.807, 2.05) is 116 Å². The van der Waals surface area contributed by atoms with Crippen LogP contribution in [0.2, 0.25) is 0 Å². The lowest BCUT2D eigenvalue weighted by atomic mass is 10.0. The molecule has 0 bridgehead atoms. The smallest absolute Gasteiger partial charge is 0.282 e. The number of hydrogen-bond donors (Lipinski definition) is 0. The van der Waals surface area contributed by atoms with Gasteiger partial charge in [-0.25, -0.2) is 4.90 Å². The van der Waals surface area contributed by atoms with Gasteiger partial charge in [-0.1, -0.05) is 96.6 Å². The molecule has 0 saturated heterocycles. The minimum Gasteiger partial charge on any atom is -0.362 e. The van der Waals surface area contributed by atoms with Crippen LogP contribution >= 0.6 is 0 Å². The number of nitrogens with zero attached hydrogens (tertiary/aromatic N) is 2. The van der Waals surface area contributed by atoms with E-state index in [1.54, 1.807) is 0 Å². The summed E-state index contributed by atoms with van der Waals surface area (Å²) >= 11 is 0. The fourth-order valence-corrected chi connectivity index (χ4v) is 4.57. The topological polar surface area (TPSA) is 40.6 Å². The van der Waals surface area contributed by atoms with Crippen LogP contribution in [0.3, 0.4) is 0 Å². The van der Waals surface area contributed by atoms with Gasteiger partial charge in [-0.15, -0.1) is 0 Å². The lowest BCUT2D eigenvalue weighted by molar-refractivity contribution is -0.120. The van der Waals surface area contributed by atoms with E-state index in [2.05, 4.69) is 0 Å². The number of benzene rings is 4. The molecule has 1 aliphatic heterocycles. The van der Waals surface area contributed by atoms with Gasteiger partial charge in [0.15, 0.2) is 0 Å². The third kappa shape index (κ3) is 3.77. The van der Waals surface area contributed by atoms with E-state index in [0.717, 1.165) is 27.5 Å². The summed E-state index contributed by atoms with van der Waals surface area (Å²) in [6, 6.07) is 31.4. The number of carbonyl (C=O) groups is 2. The largest absolute Gasteiger partial charge is 0.362 e. The molecule has 34 heavy (non-hydrogen) atoms. The summed E-state index contributed by atoms with van der Waals surface area (Å²) in [6.45, 7) is 5.17. The van der Waals surface area contributed by atoms with Gasteiger partial charge in [-0.05, 0) is 36.4 Å². The molecule has 4 aromatic rings. The minimum atomic E-state index is -0.285. The molecule has 0 radical (unpaired) electrons. The number of anilines is 1. The highest BCUT2D eigenvalue weighted by Crippen LogP contribution is 2.38. The average molecular weight is 447 g/mol. The van der Waals surface area contributed by atoms with Gasteiger partial charge in [0.2, 0.25) is 0 Å². The van der Waals surface area contributed by atoms with Gasteiger partial charge in [-0.2, -0.15) is 0 Å². The number of hydrogen-bond acceptors (Lipinski definition) is 3. The van der Waals surface area contributed by atoms with Crippen molar-refractivity contribution in [3.63, 3.8) is 0 Å². The summed E-state index contributed by atoms with van der Waals surface area (Å²) in [5.41, 5.74) is 4.47. The third-order valence-corrected chi connectivity index (χ3v) is 6.32. The summed E-state index contributed by atoms with van der Waals surface area (Å²) in [4.78, 5) is 31.3. The second-order valence-corrected chi connectivity index (χ2v) is 8.53. The second-order valence-electron chi connectivity index (χ2n) is 8.53. The first-order valence-corrected chi connectivity index (χ1v) is 11.5. The summed E-state index contributed by atoms with van der Waals surface area (Å²) in [7, 11) is 0. The lowest BCUT2D eigenvalue weighted by Crippen LogP contribution is -2.35. The molecule has 0 N–H and O–H groups in total. The molecule has 0 saturated carbocycles. The Bertz CT molecular complexity index is 1400. The molecule has 5 rings (SSSR count). The Balaban J connectivity index is 1.66. The van der Waals surface area contributed by atoms with Gasteiger partial charge in [0, 0.05) is 18.5 Å². The van der Waals surface area contributed by atoms with E-state index in [-0.39, 0.29) is 11.8 Å². The molecule has 1 heterocycles. The first-order chi connectivity index (χ1) is 16.6. The highest BCUT2D eigenvalue weighted by Gasteiger charge is 2.42. The zero-order valence-corrected chi connectivity index (χ0v) is 19.4. The number of rotatable bonds is 6. The van der Waals surface area contributed by atoms with E-state index in [1.165, 1.54) is 4.90 Å². The predicted molar refractivity (Wildman–Crippen MR) is 137 cm³/mol. The maximum atomic E-state index is 14.0. The summed E-state index contributed by atoms with van der Waals surface area (Å²) in [5, 5.41) is 1.87. The molecule has 0 spiro atoms. The van der Waals surface area contributed by atoms with E-state index in [4.69, 9.17) is 0 Å². The Morgan fingerprint density at radius 2 is 1.41 bits per heavy atom. The Morgan fingerprint density at radius 1 is 0.735 bits per heavy atom. The number of imide groups is 1. The highest BCUT2D eigenvalue weighted by molar-refractivity contribution is 6.46. The van der Waals surface area contributed by atoms with Gasteiger partial charge in [0.05, 0.1) is 11.3 Å². The molecule has 0 fully saturated rings. The number of fused-ring (bicyclic) bond motifs is 1. The van der Waals surface area contributed by atoms with E-state index < -0.39 is 0 Å². The van der Waals surface area contributed by atoms with Crippen molar-refractivity contribution in [2.24, 2.45) is 0 Å². The zero-order valence-electron chi connectivity index (χ0n) is 19.4. The predicted octanol–water partition coefficient (Wildman–Crippen LogP) is 5.95. The lowest BCUT2D eigenvalue weighted by Gasteiger charge is -2.25. The number of carbonyl (C=O) groups excluding carboxylic acids is 2. The molecule has 4 nitrogen and oxygen atoms in total. The average Bonchev–Trinajstić information content (AvgIpc) is 3.13. The van der Waals surface area contributed by atoms with Crippen molar-refractivity contribution in [1.29, 1.82) is 0 Å². The Kier molecular flexibility index (Phi) is 5.72. The summed E-state index contributed by atoms with van der Waals surface area (Å²) in [6.07, 6.45) is 0. The molecule has 0 unspecified atom stereocenters. The van der Waals surface area contributed by atoms with Crippen LogP contribution < -0.4 is 4.90 Å². The highest BCUT2D eigenvalue weighted by atomic mass is 16.2.